The number of carbonyl (C=O) groups excluding carboxylic acids is 3. The van der Waals surface area contributed by atoms with Gasteiger partial charge in [0.2, 0.25) is 0 Å². The van der Waals surface area contributed by atoms with Gasteiger partial charge in [0, 0.05) is 6.04 Å². The summed E-state index contributed by atoms with van der Waals surface area (Å²) >= 11 is 0. The Morgan fingerprint density at radius 2 is 2.12 bits per heavy atom. The molecule has 1 saturated heterocycles. The Balaban J connectivity index is 1.62. The van der Waals surface area contributed by atoms with E-state index < -0.39 is 17.5 Å². The van der Waals surface area contributed by atoms with Crippen LogP contribution in [0.15, 0.2) is 24.3 Å². The average molecular weight is 344 g/mol. The van der Waals surface area contributed by atoms with Crippen LogP contribution >= 0.6 is 0 Å². The van der Waals surface area contributed by atoms with Crippen molar-refractivity contribution >= 4 is 17.8 Å². The van der Waals surface area contributed by atoms with Gasteiger partial charge in [0.05, 0.1) is 6.54 Å². The molecule has 7 nitrogen and oxygen atoms in total. The van der Waals surface area contributed by atoms with E-state index in [0.717, 1.165) is 17.9 Å². The number of urea groups is 1. The largest absolute Gasteiger partial charge is 0.344 e. The second kappa shape index (κ2) is 6.48. The van der Waals surface area contributed by atoms with Crippen molar-refractivity contribution in [2.75, 3.05) is 13.6 Å². The molecule has 2 aliphatic rings. The average Bonchev–Trinajstić information content (AvgIpc) is 3.10. The summed E-state index contributed by atoms with van der Waals surface area (Å²) in [6.07, 6.45) is 2.41. The minimum absolute atomic E-state index is 0.110. The number of likely N-dealkylation sites (N-methyl/N-ethyl adjacent to an activating group) is 1. The first-order valence-corrected chi connectivity index (χ1v) is 8.60. The van der Waals surface area contributed by atoms with E-state index >= 15 is 0 Å². The van der Waals surface area contributed by atoms with Crippen LogP contribution in [0.3, 0.4) is 0 Å². The molecule has 7 heteroatoms. The third-order valence-electron chi connectivity index (χ3n) is 5.23. The summed E-state index contributed by atoms with van der Waals surface area (Å²) in [6, 6.07) is 7.82. The molecule has 0 aromatic heterocycles. The number of hydrogen-bond acceptors (Lipinski definition) is 4. The van der Waals surface area contributed by atoms with Crippen LogP contribution in [-0.4, -0.2) is 46.9 Å². The fourth-order valence-corrected chi connectivity index (χ4v) is 3.51. The van der Waals surface area contributed by atoms with Gasteiger partial charge in [0.1, 0.15) is 5.54 Å². The van der Waals surface area contributed by atoms with Gasteiger partial charge >= 0.3 is 6.03 Å². The number of hydrazine groups is 1. The Morgan fingerprint density at radius 3 is 2.80 bits per heavy atom. The highest BCUT2D eigenvalue weighted by atomic mass is 16.2. The lowest BCUT2D eigenvalue weighted by Crippen LogP contribution is -2.51. The molecule has 4 amide bonds. The fraction of sp³-hybridized carbons (Fsp3) is 0.500. The normalized spacial score (nSPS) is 25.3. The number of benzene rings is 1. The van der Waals surface area contributed by atoms with Gasteiger partial charge in [-0.3, -0.25) is 19.9 Å². The van der Waals surface area contributed by atoms with Gasteiger partial charge in [-0.2, -0.15) is 5.01 Å². The van der Waals surface area contributed by atoms with Crippen LogP contribution in [0.25, 0.3) is 0 Å². The van der Waals surface area contributed by atoms with Crippen LogP contribution in [0.4, 0.5) is 4.79 Å². The summed E-state index contributed by atoms with van der Waals surface area (Å²) < 4.78 is 0. The summed E-state index contributed by atoms with van der Waals surface area (Å²) in [5.74, 6) is -0.807. The van der Waals surface area contributed by atoms with Gasteiger partial charge in [-0.15, -0.1) is 0 Å². The number of rotatable bonds is 5. The van der Waals surface area contributed by atoms with Crippen LogP contribution in [0.5, 0.6) is 0 Å². The van der Waals surface area contributed by atoms with Crippen molar-refractivity contribution in [2.45, 2.75) is 44.7 Å². The second-order valence-corrected chi connectivity index (χ2v) is 6.96. The molecule has 1 fully saturated rings. The third kappa shape index (κ3) is 3.11. The zero-order valence-corrected chi connectivity index (χ0v) is 14.8. The molecular weight excluding hydrogens is 320 g/mol. The van der Waals surface area contributed by atoms with Crippen LogP contribution in [0, 0.1) is 0 Å². The molecule has 0 radical (unpaired) electrons. The third-order valence-corrected chi connectivity index (χ3v) is 5.23. The standard InChI is InChI=1S/C18H24N4O3/c1-4-18(2)16(24)22(17(25)19-18)20-15(23)11-21(3)14-10-9-12-7-5-6-8-13(12)14/h5-8,14H,4,9-11H2,1-3H3,(H,19,25)(H,20,23)/t14-,18-/m1/s1. The van der Waals surface area contributed by atoms with Crippen molar-refractivity contribution in [1.29, 1.82) is 0 Å². The maximum Gasteiger partial charge on any atom is 0.344 e. The molecule has 0 unspecified atom stereocenters. The van der Waals surface area contributed by atoms with Crippen molar-refractivity contribution in [2.24, 2.45) is 0 Å². The van der Waals surface area contributed by atoms with E-state index in [2.05, 4.69) is 22.9 Å². The molecule has 134 valence electrons. The highest BCUT2D eigenvalue weighted by Crippen LogP contribution is 2.34. The van der Waals surface area contributed by atoms with Crippen molar-refractivity contribution < 1.29 is 14.4 Å². The van der Waals surface area contributed by atoms with Crippen molar-refractivity contribution in [3.8, 4) is 0 Å². The zero-order chi connectivity index (χ0) is 18.2. The lowest BCUT2D eigenvalue weighted by atomic mass is 10.00. The Bertz CT molecular complexity index is 720. The van der Waals surface area contributed by atoms with Gasteiger partial charge in [0.25, 0.3) is 11.8 Å². The van der Waals surface area contributed by atoms with E-state index in [-0.39, 0.29) is 18.5 Å². The molecule has 2 N–H and O–H groups in total. The lowest BCUT2D eigenvalue weighted by molar-refractivity contribution is -0.139. The Labute approximate surface area is 147 Å². The van der Waals surface area contributed by atoms with E-state index in [1.54, 1.807) is 6.92 Å². The molecule has 0 spiro atoms. The quantitative estimate of drug-likeness (QED) is 0.790. The molecule has 3 rings (SSSR count). The Morgan fingerprint density at radius 1 is 1.40 bits per heavy atom. The van der Waals surface area contributed by atoms with Crippen molar-refractivity contribution in [1.82, 2.24) is 20.7 Å². The molecule has 1 aromatic rings. The van der Waals surface area contributed by atoms with Crippen LogP contribution in [0.2, 0.25) is 0 Å². The predicted molar refractivity (Wildman–Crippen MR) is 92.4 cm³/mol. The minimum atomic E-state index is -0.958. The summed E-state index contributed by atoms with van der Waals surface area (Å²) in [7, 11) is 1.88. The summed E-state index contributed by atoms with van der Waals surface area (Å²) in [5, 5.41) is 3.41. The van der Waals surface area contributed by atoms with E-state index in [9.17, 15) is 14.4 Å². The summed E-state index contributed by atoms with van der Waals surface area (Å²) in [5.41, 5.74) is 4.03. The van der Waals surface area contributed by atoms with E-state index in [0.29, 0.717) is 6.42 Å². The fourth-order valence-electron chi connectivity index (χ4n) is 3.51. The number of fused-ring (bicyclic) bond motifs is 1. The first kappa shape index (κ1) is 17.4. The number of carbonyl (C=O) groups is 3. The molecule has 0 bridgehead atoms. The lowest BCUT2D eigenvalue weighted by Gasteiger charge is -2.25. The van der Waals surface area contributed by atoms with Gasteiger partial charge in [0.15, 0.2) is 0 Å². The minimum Gasteiger partial charge on any atom is -0.322 e. The van der Waals surface area contributed by atoms with Crippen molar-refractivity contribution in [3.05, 3.63) is 35.4 Å². The van der Waals surface area contributed by atoms with Crippen molar-refractivity contribution in [3.63, 3.8) is 0 Å². The number of nitrogens with one attached hydrogen (secondary N) is 2. The molecule has 1 aliphatic carbocycles. The second-order valence-electron chi connectivity index (χ2n) is 6.96. The maximum absolute atomic E-state index is 12.3. The highest BCUT2D eigenvalue weighted by Gasteiger charge is 2.47. The molecule has 1 aromatic carbocycles. The van der Waals surface area contributed by atoms with E-state index in [4.69, 9.17) is 0 Å². The monoisotopic (exact) mass is 344 g/mol. The zero-order valence-electron chi connectivity index (χ0n) is 14.8. The first-order chi connectivity index (χ1) is 11.9. The molecule has 2 atom stereocenters. The highest BCUT2D eigenvalue weighted by molar-refractivity contribution is 6.07. The van der Waals surface area contributed by atoms with Gasteiger partial charge in [-0.25, -0.2) is 4.79 Å². The van der Waals surface area contributed by atoms with Gasteiger partial charge in [-0.1, -0.05) is 31.2 Å². The number of nitrogens with zero attached hydrogens (tertiary/aromatic N) is 2. The molecule has 1 aliphatic heterocycles. The predicted octanol–water partition coefficient (Wildman–Crippen LogP) is 1.36. The van der Waals surface area contributed by atoms with Crippen LogP contribution < -0.4 is 10.7 Å². The number of hydrogen-bond donors (Lipinski definition) is 2. The van der Waals surface area contributed by atoms with Crippen LogP contribution in [-0.2, 0) is 16.0 Å². The van der Waals surface area contributed by atoms with E-state index in [1.165, 1.54) is 11.1 Å². The van der Waals surface area contributed by atoms with Gasteiger partial charge < -0.3 is 5.32 Å². The SMILES string of the molecule is CC[C@@]1(C)NC(=O)N(NC(=O)CN(C)[C@@H]2CCc3ccccc32)C1=O. The number of aryl methyl sites for hydroxylation is 1. The maximum atomic E-state index is 12.3. The smallest absolute Gasteiger partial charge is 0.322 e. The molecule has 0 saturated carbocycles. The molecule has 25 heavy (non-hydrogen) atoms. The number of imide groups is 1. The Hall–Kier alpha value is -2.41. The summed E-state index contributed by atoms with van der Waals surface area (Å²) in [6.45, 7) is 3.58. The van der Waals surface area contributed by atoms with E-state index in [1.807, 2.05) is 31.0 Å². The summed E-state index contributed by atoms with van der Waals surface area (Å²) in [4.78, 5) is 38.6. The molecule has 1 heterocycles. The number of amides is 4. The topological polar surface area (TPSA) is 81.8 Å². The Kier molecular flexibility index (Phi) is 4.51. The van der Waals surface area contributed by atoms with Crippen LogP contribution in [0.1, 0.15) is 43.9 Å². The van der Waals surface area contributed by atoms with Gasteiger partial charge in [-0.05, 0) is 44.4 Å². The first-order valence-electron chi connectivity index (χ1n) is 8.60. The molecular formula is C18H24N4O3.